The smallest absolute Gasteiger partial charge is 0.261 e. The number of imide groups is 1. The Kier molecular flexibility index (Phi) is 3.39. The third-order valence-corrected chi connectivity index (χ3v) is 3.29. The number of amides is 2. The zero-order valence-corrected chi connectivity index (χ0v) is 11.1. The molecule has 0 saturated carbocycles. The lowest BCUT2D eigenvalue weighted by Crippen LogP contribution is -2.33. The maximum Gasteiger partial charge on any atom is 0.261 e. The molecular weight excluding hydrogens is 273 g/mol. The molecule has 0 radical (unpaired) electrons. The van der Waals surface area contributed by atoms with Crippen LogP contribution in [0.15, 0.2) is 48.5 Å². The summed E-state index contributed by atoms with van der Waals surface area (Å²) in [5.41, 5.74) is 0.793. The molecule has 0 aromatic heterocycles. The Morgan fingerprint density at radius 3 is 2.10 bits per heavy atom. The van der Waals surface area contributed by atoms with Crippen molar-refractivity contribution in [2.75, 3.05) is 13.2 Å². The summed E-state index contributed by atoms with van der Waals surface area (Å²) < 4.78 is 18.7. The van der Waals surface area contributed by atoms with E-state index in [0.29, 0.717) is 11.1 Å². The van der Waals surface area contributed by atoms with E-state index in [2.05, 4.69) is 0 Å². The van der Waals surface area contributed by atoms with Gasteiger partial charge >= 0.3 is 0 Å². The standard InChI is InChI=1S/C16H12FNO3/c17-13-7-3-4-8-14(13)21-10-9-18-15(19)11-5-1-2-6-12(11)16(18)20/h1-8H,9-10H2. The number of carbonyl (C=O) groups excluding carboxylic acids is 2. The first kappa shape index (κ1) is 13.3. The lowest BCUT2D eigenvalue weighted by atomic mass is 10.1. The molecule has 1 aliphatic heterocycles. The van der Waals surface area contributed by atoms with Gasteiger partial charge in [0.05, 0.1) is 17.7 Å². The molecule has 5 heteroatoms. The van der Waals surface area contributed by atoms with Crippen LogP contribution in [0.4, 0.5) is 4.39 Å². The van der Waals surface area contributed by atoms with E-state index in [1.807, 2.05) is 0 Å². The maximum absolute atomic E-state index is 13.4. The molecule has 0 fully saturated rings. The monoisotopic (exact) mass is 285 g/mol. The van der Waals surface area contributed by atoms with Gasteiger partial charge in [-0.15, -0.1) is 0 Å². The zero-order valence-electron chi connectivity index (χ0n) is 11.1. The molecule has 0 aliphatic carbocycles. The van der Waals surface area contributed by atoms with E-state index in [9.17, 15) is 14.0 Å². The van der Waals surface area contributed by atoms with Gasteiger partial charge in [-0.1, -0.05) is 24.3 Å². The fraction of sp³-hybridized carbons (Fsp3) is 0.125. The average molecular weight is 285 g/mol. The number of hydrogen-bond donors (Lipinski definition) is 0. The molecule has 3 rings (SSSR count). The normalized spacial score (nSPS) is 13.5. The minimum Gasteiger partial charge on any atom is -0.489 e. The van der Waals surface area contributed by atoms with Crippen LogP contribution in [0.3, 0.4) is 0 Å². The topological polar surface area (TPSA) is 46.6 Å². The van der Waals surface area contributed by atoms with Crippen molar-refractivity contribution in [2.24, 2.45) is 0 Å². The Bertz CT molecular complexity index is 679. The molecule has 0 unspecified atom stereocenters. The van der Waals surface area contributed by atoms with Crippen LogP contribution >= 0.6 is 0 Å². The van der Waals surface area contributed by atoms with Gasteiger partial charge in [0.25, 0.3) is 11.8 Å². The van der Waals surface area contributed by atoms with Crippen molar-refractivity contribution in [3.8, 4) is 5.75 Å². The number of benzene rings is 2. The highest BCUT2D eigenvalue weighted by Gasteiger charge is 2.34. The van der Waals surface area contributed by atoms with Crippen molar-refractivity contribution in [1.82, 2.24) is 4.90 Å². The summed E-state index contributed by atoms with van der Waals surface area (Å²) in [7, 11) is 0. The first-order chi connectivity index (χ1) is 10.2. The summed E-state index contributed by atoms with van der Waals surface area (Å²) in [6, 6.07) is 12.7. The third-order valence-electron chi connectivity index (χ3n) is 3.29. The second kappa shape index (κ2) is 5.36. The molecule has 0 spiro atoms. The Morgan fingerprint density at radius 2 is 1.48 bits per heavy atom. The number of carbonyl (C=O) groups is 2. The number of ether oxygens (including phenoxy) is 1. The van der Waals surface area contributed by atoms with E-state index in [1.54, 1.807) is 36.4 Å². The molecule has 106 valence electrons. The summed E-state index contributed by atoms with van der Waals surface area (Å²) in [5.74, 6) is -1.05. The minimum absolute atomic E-state index is 0.0480. The van der Waals surface area contributed by atoms with Gasteiger partial charge in [0.1, 0.15) is 6.61 Å². The fourth-order valence-electron chi connectivity index (χ4n) is 2.25. The van der Waals surface area contributed by atoms with E-state index in [0.717, 1.165) is 4.90 Å². The van der Waals surface area contributed by atoms with Gasteiger partial charge < -0.3 is 4.74 Å². The summed E-state index contributed by atoms with van der Waals surface area (Å²) >= 11 is 0. The zero-order chi connectivity index (χ0) is 14.8. The SMILES string of the molecule is O=C1c2ccccc2C(=O)N1CCOc1ccccc1F. The summed E-state index contributed by atoms with van der Waals surface area (Å²) in [6.07, 6.45) is 0. The van der Waals surface area contributed by atoms with Gasteiger partial charge in [0.15, 0.2) is 11.6 Å². The molecule has 1 heterocycles. The van der Waals surface area contributed by atoms with Crippen molar-refractivity contribution in [1.29, 1.82) is 0 Å². The number of rotatable bonds is 4. The number of fused-ring (bicyclic) bond motifs is 1. The van der Waals surface area contributed by atoms with E-state index in [-0.39, 0.29) is 30.7 Å². The molecule has 0 bridgehead atoms. The number of halogens is 1. The van der Waals surface area contributed by atoms with E-state index in [4.69, 9.17) is 4.74 Å². The van der Waals surface area contributed by atoms with Gasteiger partial charge in [-0.3, -0.25) is 14.5 Å². The van der Waals surface area contributed by atoms with Gasteiger partial charge in [0, 0.05) is 0 Å². The molecule has 0 atom stereocenters. The Balaban J connectivity index is 1.66. The minimum atomic E-state index is -0.472. The van der Waals surface area contributed by atoms with Crippen LogP contribution in [-0.4, -0.2) is 29.9 Å². The quantitative estimate of drug-likeness (QED) is 0.811. The molecule has 0 N–H and O–H groups in total. The Hall–Kier alpha value is -2.69. The predicted octanol–water partition coefficient (Wildman–Crippen LogP) is 2.50. The van der Waals surface area contributed by atoms with Crippen molar-refractivity contribution in [3.05, 3.63) is 65.5 Å². The highest BCUT2D eigenvalue weighted by molar-refractivity contribution is 6.21. The highest BCUT2D eigenvalue weighted by Crippen LogP contribution is 2.22. The first-order valence-corrected chi connectivity index (χ1v) is 6.51. The second-order valence-corrected chi connectivity index (χ2v) is 4.59. The summed E-state index contributed by atoms with van der Waals surface area (Å²) in [4.78, 5) is 25.3. The number of nitrogens with zero attached hydrogens (tertiary/aromatic N) is 1. The van der Waals surface area contributed by atoms with Crippen LogP contribution in [0.1, 0.15) is 20.7 Å². The molecular formula is C16H12FNO3. The van der Waals surface area contributed by atoms with E-state index in [1.165, 1.54) is 12.1 Å². The Labute approximate surface area is 120 Å². The molecule has 0 saturated heterocycles. The summed E-state index contributed by atoms with van der Waals surface area (Å²) in [5, 5.41) is 0. The third kappa shape index (κ3) is 2.38. The number of hydrogen-bond acceptors (Lipinski definition) is 3. The van der Waals surface area contributed by atoms with Crippen molar-refractivity contribution >= 4 is 11.8 Å². The largest absolute Gasteiger partial charge is 0.489 e. The van der Waals surface area contributed by atoms with Crippen molar-refractivity contribution in [2.45, 2.75) is 0 Å². The van der Waals surface area contributed by atoms with Gasteiger partial charge in [-0.05, 0) is 24.3 Å². The van der Waals surface area contributed by atoms with E-state index < -0.39 is 5.82 Å². The molecule has 2 amide bonds. The second-order valence-electron chi connectivity index (χ2n) is 4.59. The average Bonchev–Trinajstić information content (AvgIpc) is 2.74. The molecule has 21 heavy (non-hydrogen) atoms. The van der Waals surface area contributed by atoms with E-state index >= 15 is 0 Å². The molecule has 2 aromatic rings. The molecule has 1 aliphatic rings. The van der Waals surface area contributed by atoms with Gasteiger partial charge in [-0.2, -0.15) is 0 Å². The van der Waals surface area contributed by atoms with Crippen LogP contribution in [0, 0.1) is 5.82 Å². The van der Waals surface area contributed by atoms with Crippen molar-refractivity contribution < 1.29 is 18.7 Å². The lowest BCUT2D eigenvalue weighted by molar-refractivity contribution is 0.0630. The van der Waals surface area contributed by atoms with Crippen LogP contribution in [0.25, 0.3) is 0 Å². The van der Waals surface area contributed by atoms with Crippen molar-refractivity contribution in [3.63, 3.8) is 0 Å². The Morgan fingerprint density at radius 1 is 0.905 bits per heavy atom. The van der Waals surface area contributed by atoms with Crippen LogP contribution in [-0.2, 0) is 0 Å². The number of para-hydroxylation sites is 1. The highest BCUT2D eigenvalue weighted by atomic mass is 19.1. The van der Waals surface area contributed by atoms with Crippen LogP contribution in [0.5, 0.6) is 5.75 Å². The first-order valence-electron chi connectivity index (χ1n) is 6.51. The van der Waals surface area contributed by atoms with Gasteiger partial charge in [-0.25, -0.2) is 4.39 Å². The van der Waals surface area contributed by atoms with Crippen LogP contribution in [0.2, 0.25) is 0 Å². The fourth-order valence-corrected chi connectivity index (χ4v) is 2.25. The molecule has 2 aromatic carbocycles. The lowest BCUT2D eigenvalue weighted by Gasteiger charge is -2.14. The van der Waals surface area contributed by atoms with Crippen LogP contribution < -0.4 is 4.74 Å². The summed E-state index contributed by atoms with van der Waals surface area (Å²) in [6.45, 7) is 0.132. The molecule has 4 nitrogen and oxygen atoms in total. The van der Waals surface area contributed by atoms with Gasteiger partial charge in [0.2, 0.25) is 0 Å². The maximum atomic E-state index is 13.4. The predicted molar refractivity (Wildman–Crippen MR) is 73.7 cm³/mol.